The van der Waals surface area contributed by atoms with Gasteiger partial charge in [0, 0.05) is 17.3 Å². The van der Waals surface area contributed by atoms with Crippen molar-refractivity contribution >= 4 is 27.6 Å². The molecule has 0 spiro atoms. The maximum Gasteiger partial charge on any atom is 0.418 e. The average Bonchev–Trinajstić information content (AvgIpc) is 2.27. The molecule has 0 aliphatic rings. The third kappa shape index (κ3) is 4.39. The third-order valence-electron chi connectivity index (χ3n) is 2.32. The van der Waals surface area contributed by atoms with Gasteiger partial charge >= 0.3 is 12.1 Å². The van der Waals surface area contributed by atoms with Crippen molar-refractivity contribution in [2.24, 2.45) is 0 Å². The number of carboxylic acids is 1. The van der Waals surface area contributed by atoms with Crippen LogP contribution in [-0.2, 0) is 15.7 Å². The van der Waals surface area contributed by atoms with Crippen LogP contribution in [0.5, 0.6) is 0 Å². The highest BCUT2D eigenvalue weighted by atomic mass is 79.9. The van der Waals surface area contributed by atoms with E-state index in [-0.39, 0.29) is 12.2 Å². The fourth-order valence-corrected chi connectivity index (χ4v) is 1.75. The number of hydrogen-bond donors (Lipinski definition) is 2. The van der Waals surface area contributed by atoms with Gasteiger partial charge in [-0.15, -0.1) is 0 Å². The molecule has 106 valence electrons. The van der Waals surface area contributed by atoms with Gasteiger partial charge in [0.1, 0.15) is 0 Å². The van der Waals surface area contributed by atoms with Crippen LogP contribution in [-0.4, -0.2) is 30.8 Å². The number of ether oxygens (including phenoxy) is 1. The number of rotatable bonds is 5. The van der Waals surface area contributed by atoms with Gasteiger partial charge in [0.05, 0.1) is 12.1 Å². The second-order valence-corrected chi connectivity index (χ2v) is 4.55. The van der Waals surface area contributed by atoms with Gasteiger partial charge in [0.2, 0.25) is 0 Å². The van der Waals surface area contributed by atoms with E-state index >= 15 is 0 Å². The number of nitrogens with one attached hydrogen (secondary N) is 1. The summed E-state index contributed by atoms with van der Waals surface area (Å²) in [5, 5.41) is 11.2. The molecule has 2 N–H and O–H groups in total. The fourth-order valence-electron chi connectivity index (χ4n) is 1.38. The van der Waals surface area contributed by atoms with Crippen molar-refractivity contribution in [3.05, 3.63) is 28.2 Å². The molecule has 0 aromatic heterocycles. The molecular formula is C11H11BrF3NO3. The Balaban J connectivity index is 2.93. The Morgan fingerprint density at radius 2 is 2.16 bits per heavy atom. The monoisotopic (exact) mass is 341 g/mol. The van der Waals surface area contributed by atoms with E-state index in [9.17, 15) is 18.0 Å². The predicted molar refractivity (Wildman–Crippen MR) is 66.1 cm³/mol. The van der Waals surface area contributed by atoms with Gasteiger partial charge in [0.15, 0.2) is 6.10 Å². The summed E-state index contributed by atoms with van der Waals surface area (Å²) in [7, 11) is 1.17. The van der Waals surface area contributed by atoms with Crippen molar-refractivity contribution in [1.29, 1.82) is 0 Å². The van der Waals surface area contributed by atoms with E-state index in [0.717, 1.165) is 6.07 Å². The number of benzene rings is 1. The highest BCUT2D eigenvalue weighted by Gasteiger charge is 2.33. The van der Waals surface area contributed by atoms with Gasteiger partial charge in [-0.3, -0.25) is 0 Å². The molecule has 19 heavy (non-hydrogen) atoms. The van der Waals surface area contributed by atoms with Crippen LogP contribution in [0.1, 0.15) is 5.56 Å². The number of halogens is 4. The van der Waals surface area contributed by atoms with Crippen LogP contribution in [0.25, 0.3) is 0 Å². The Labute approximate surface area is 115 Å². The van der Waals surface area contributed by atoms with Crippen LogP contribution in [0, 0.1) is 0 Å². The van der Waals surface area contributed by atoms with E-state index in [1.54, 1.807) is 0 Å². The molecule has 0 amide bonds. The molecule has 0 fully saturated rings. The molecule has 0 radical (unpaired) electrons. The lowest BCUT2D eigenvalue weighted by Gasteiger charge is -2.17. The minimum atomic E-state index is -4.52. The highest BCUT2D eigenvalue weighted by Crippen LogP contribution is 2.36. The largest absolute Gasteiger partial charge is 0.479 e. The lowest BCUT2D eigenvalue weighted by Crippen LogP contribution is -2.31. The molecule has 1 aromatic carbocycles. The second-order valence-electron chi connectivity index (χ2n) is 3.63. The molecule has 1 atom stereocenters. The van der Waals surface area contributed by atoms with Crippen LogP contribution < -0.4 is 5.32 Å². The SMILES string of the molecule is COC(CNc1cc(Br)ccc1C(F)(F)F)C(=O)O. The van der Waals surface area contributed by atoms with Crippen molar-refractivity contribution in [3.8, 4) is 0 Å². The van der Waals surface area contributed by atoms with Gasteiger partial charge < -0.3 is 15.2 Å². The van der Waals surface area contributed by atoms with Gasteiger partial charge in [-0.05, 0) is 18.2 Å². The zero-order valence-corrected chi connectivity index (χ0v) is 11.4. The second kappa shape index (κ2) is 6.25. The Morgan fingerprint density at radius 1 is 1.53 bits per heavy atom. The zero-order chi connectivity index (χ0) is 14.6. The summed E-state index contributed by atoms with van der Waals surface area (Å²) in [5.74, 6) is -1.25. The first-order valence-corrected chi connectivity index (χ1v) is 5.91. The average molecular weight is 342 g/mol. The van der Waals surface area contributed by atoms with Gasteiger partial charge in [-0.25, -0.2) is 4.79 Å². The lowest BCUT2D eigenvalue weighted by molar-refractivity contribution is -0.147. The van der Waals surface area contributed by atoms with E-state index < -0.39 is 23.8 Å². The van der Waals surface area contributed by atoms with Gasteiger partial charge in [-0.2, -0.15) is 13.2 Å². The van der Waals surface area contributed by atoms with Crippen molar-refractivity contribution in [2.45, 2.75) is 12.3 Å². The fraction of sp³-hybridized carbons (Fsp3) is 0.364. The molecule has 0 aliphatic carbocycles. The van der Waals surface area contributed by atoms with Gasteiger partial charge in [0.25, 0.3) is 0 Å². The van der Waals surface area contributed by atoms with Crippen molar-refractivity contribution in [1.82, 2.24) is 0 Å². The summed E-state index contributed by atoms with van der Waals surface area (Å²) in [6.07, 6.45) is -5.74. The highest BCUT2D eigenvalue weighted by molar-refractivity contribution is 9.10. The Kier molecular flexibility index (Phi) is 5.19. The minimum absolute atomic E-state index is 0.204. The number of hydrogen-bond acceptors (Lipinski definition) is 3. The smallest absolute Gasteiger partial charge is 0.418 e. The van der Waals surface area contributed by atoms with Gasteiger partial charge in [-0.1, -0.05) is 15.9 Å². The molecule has 8 heteroatoms. The minimum Gasteiger partial charge on any atom is -0.479 e. The number of methoxy groups -OCH3 is 1. The van der Waals surface area contributed by atoms with E-state index in [2.05, 4.69) is 26.0 Å². The molecule has 0 saturated carbocycles. The Morgan fingerprint density at radius 3 is 2.63 bits per heavy atom. The maximum atomic E-state index is 12.7. The molecule has 1 aromatic rings. The molecular weight excluding hydrogens is 331 g/mol. The van der Waals surface area contributed by atoms with Crippen LogP contribution in [0.2, 0.25) is 0 Å². The van der Waals surface area contributed by atoms with E-state index in [4.69, 9.17) is 5.11 Å². The molecule has 0 aliphatic heterocycles. The Hall–Kier alpha value is -1.28. The van der Waals surface area contributed by atoms with E-state index in [0.29, 0.717) is 4.47 Å². The number of alkyl halides is 3. The van der Waals surface area contributed by atoms with Crippen molar-refractivity contribution < 1.29 is 27.8 Å². The normalized spacial score (nSPS) is 13.1. The summed E-state index contributed by atoms with van der Waals surface area (Å²) in [6.45, 7) is -0.272. The molecule has 1 rings (SSSR count). The summed E-state index contributed by atoms with van der Waals surface area (Å²) >= 11 is 3.06. The third-order valence-corrected chi connectivity index (χ3v) is 2.82. The number of carbonyl (C=O) groups is 1. The first kappa shape index (κ1) is 15.8. The summed E-state index contributed by atoms with van der Waals surface area (Å²) in [5.41, 5.74) is -1.07. The summed E-state index contributed by atoms with van der Waals surface area (Å²) < 4.78 is 43.3. The number of carboxylic acid groups (broad SMARTS) is 1. The number of anilines is 1. The molecule has 4 nitrogen and oxygen atoms in total. The van der Waals surface area contributed by atoms with Crippen molar-refractivity contribution in [2.75, 3.05) is 19.0 Å². The lowest BCUT2D eigenvalue weighted by atomic mass is 10.1. The van der Waals surface area contributed by atoms with Crippen LogP contribution in [0.15, 0.2) is 22.7 Å². The summed E-state index contributed by atoms with van der Waals surface area (Å²) in [6, 6.07) is 3.41. The molecule has 0 heterocycles. The Bertz CT molecular complexity index is 465. The maximum absolute atomic E-state index is 12.7. The van der Waals surface area contributed by atoms with E-state index in [1.165, 1.54) is 19.2 Å². The molecule has 0 saturated heterocycles. The number of aliphatic carboxylic acids is 1. The van der Waals surface area contributed by atoms with E-state index in [1.807, 2.05) is 0 Å². The first-order valence-electron chi connectivity index (χ1n) is 5.12. The zero-order valence-electron chi connectivity index (χ0n) is 9.79. The van der Waals surface area contributed by atoms with Crippen molar-refractivity contribution in [3.63, 3.8) is 0 Å². The predicted octanol–water partition coefficient (Wildman–Crippen LogP) is 2.98. The first-order chi connectivity index (χ1) is 8.75. The van der Waals surface area contributed by atoms with Crippen LogP contribution >= 0.6 is 15.9 Å². The van der Waals surface area contributed by atoms with Crippen LogP contribution in [0.3, 0.4) is 0 Å². The summed E-state index contributed by atoms with van der Waals surface area (Å²) in [4.78, 5) is 10.7. The quantitative estimate of drug-likeness (QED) is 0.864. The standard InChI is InChI=1S/C11H11BrF3NO3/c1-19-9(10(17)18)5-16-8-4-6(12)2-3-7(8)11(13,14)15/h2-4,9,16H,5H2,1H3,(H,17,18). The molecule has 0 bridgehead atoms. The van der Waals surface area contributed by atoms with Crippen LogP contribution in [0.4, 0.5) is 18.9 Å². The topological polar surface area (TPSA) is 58.6 Å². The molecule has 1 unspecified atom stereocenters.